The van der Waals surface area contributed by atoms with Crippen LogP contribution in [-0.2, 0) is 20.7 Å². The summed E-state index contributed by atoms with van der Waals surface area (Å²) in [4.78, 5) is 37.9. The molecule has 1 N–H and O–H groups in total. The minimum absolute atomic E-state index is 0.00562. The lowest BCUT2D eigenvalue weighted by molar-refractivity contribution is -0.151. The Bertz CT molecular complexity index is 851. The molecule has 0 spiro atoms. The van der Waals surface area contributed by atoms with E-state index in [1.165, 1.54) is 5.56 Å². The predicted octanol–water partition coefficient (Wildman–Crippen LogP) is 2.50. The highest BCUT2D eigenvalue weighted by Crippen LogP contribution is 2.33. The zero-order valence-electron chi connectivity index (χ0n) is 15.9. The first kappa shape index (κ1) is 19.6. The summed E-state index contributed by atoms with van der Waals surface area (Å²) in [6.45, 7) is -0.619. The molecule has 1 aliphatic rings. The van der Waals surface area contributed by atoms with Gasteiger partial charge in [0.1, 0.15) is 6.54 Å². The number of likely N-dealkylation sites (N-methyl/N-ethyl adjacent to an activating group) is 1. The average molecular weight is 380 g/mol. The molecule has 1 atom stereocenters. The number of esters is 1. The maximum Gasteiger partial charge on any atom is 0.325 e. The number of carbonyl (C=O) groups is 3. The van der Waals surface area contributed by atoms with E-state index < -0.39 is 5.97 Å². The Kier molecular flexibility index (Phi) is 6.42. The van der Waals surface area contributed by atoms with Crippen molar-refractivity contribution in [1.82, 2.24) is 10.2 Å². The van der Waals surface area contributed by atoms with Gasteiger partial charge in [0.05, 0.1) is 6.04 Å². The monoisotopic (exact) mass is 380 g/mol. The Morgan fingerprint density at radius 3 is 2.57 bits per heavy atom. The first-order valence-electron chi connectivity index (χ1n) is 9.38. The van der Waals surface area contributed by atoms with Crippen molar-refractivity contribution < 1.29 is 19.1 Å². The molecule has 0 fully saturated rings. The smallest absolute Gasteiger partial charge is 0.325 e. The van der Waals surface area contributed by atoms with Crippen molar-refractivity contribution in [2.45, 2.75) is 25.3 Å². The number of hydrogen-bond donors (Lipinski definition) is 1. The number of aryl methyl sites for hydroxylation is 1. The normalized spacial score (nSPS) is 15.2. The number of carbonyl (C=O) groups excluding carboxylic acids is 3. The number of nitrogens with one attached hydrogen (secondary N) is 1. The van der Waals surface area contributed by atoms with Crippen molar-refractivity contribution in [3.63, 3.8) is 0 Å². The van der Waals surface area contributed by atoms with Crippen LogP contribution in [0.2, 0.25) is 0 Å². The van der Waals surface area contributed by atoms with Crippen LogP contribution in [0.25, 0.3) is 0 Å². The topological polar surface area (TPSA) is 75.7 Å². The number of hydrogen-bond acceptors (Lipinski definition) is 4. The summed E-state index contributed by atoms with van der Waals surface area (Å²) in [6, 6.07) is 16.7. The Morgan fingerprint density at radius 2 is 1.79 bits per heavy atom. The van der Waals surface area contributed by atoms with Crippen LogP contribution in [-0.4, -0.2) is 42.9 Å². The molecule has 28 heavy (non-hydrogen) atoms. The van der Waals surface area contributed by atoms with Crippen molar-refractivity contribution in [2.24, 2.45) is 0 Å². The second-order valence-electron chi connectivity index (χ2n) is 6.82. The van der Waals surface area contributed by atoms with Crippen molar-refractivity contribution in [3.05, 3.63) is 71.3 Å². The number of benzene rings is 2. The first-order chi connectivity index (χ1) is 13.6. The molecule has 0 bridgehead atoms. The van der Waals surface area contributed by atoms with E-state index in [1.54, 1.807) is 42.3 Å². The van der Waals surface area contributed by atoms with E-state index in [-0.39, 0.29) is 31.0 Å². The lowest BCUT2D eigenvalue weighted by Crippen LogP contribution is -2.37. The van der Waals surface area contributed by atoms with Crippen LogP contribution in [0.1, 0.15) is 40.4 Å². The maximum absolute atomic E-state index is 12.5. The standard InChI is InChI=1S/C22H24N2O4/c1-24(19-13-7-11-16-8-5-6-12-18(16)19)20(25)15-28-21(26)14-23-22(27)17-9-3-2-4-10-17/h2-6,8-10,12,19H,7,11,13-15H2,1H3,(H,23,27). The van der Waals surface area contributed by atoms with Gasteiger partial charge < -0.3 is 15.0 Å². The number of rotatable bonds is 6. The minimum atomic E-state index is -0.643. The van der Waals surface area contributed by atoms with Gasteiger partial charge in [-0.25, -0.2) is 0 Å². The van der Waals surface area contributed by atoms with Crippen molar-refractivity contribution in [1.29, 1.82) is 0 Å². The second-order valence-corrected chi connectivity index (χ2v) is 6.82. The summed E-state index contributed by atoms with van der Waals surface area (Å²) >= 11 is 0. The van der Waals surface area contributed by atoms with Crippen LogP contribution in [0.5, 0.6) is 0 Å². The summed E-state index contributed by atoms with van der Waals surface area (Å²) in [6.07, 6.45) is 2.93. The molecule has 2 aromatic rings. The summed E-state index contributed by atoms with van der Waals surface area (Å²) in [5, 5.41) is 2.49. The molecule has 2 amide bonds. The van der Waals surface area contributed by atoms with Crippen LogP contribution < -0.4 is 5.32 Å². The molecule has 6 nitrogen and oxygen atoms in total. The fraction of sp³-hybridized carbons (Fsp3) is 0.318. The zero-order chi connectivity index (χ0) is 19.9. The van der Waals surface area contributed by atoms with E-state index in [0.717, 1.165) is 24.8 Å². The Morgan fingerprint density at radius 1 is 1.07 bits per heavy atom. The van der Waals surface area contributed by atoms with Crippen LogP contribution >= 0.6 is 0 Å². The van der Waals surface area contributed by atoms with Gasteiger partial charge in [0.25, 0.3) is 11.8 Å². The van der Waals surface area contributed by atoms with Gasteiger partial charge in [-0.1, -0.05) is 42.5 Å². The average Bonchev–Trinajstić information content (AvgIpc) is 2.75. The van der Waals surface area contributed by atoms with Gasteiger partial charge in [-0.2, -0.15) is 0 Å². The molecule has 0 radical (unpaired) electrons. The maximum atomic E-state index is 12.5. The van der Waals surface area contributed by atoms with Crippen LogP contribution in [0.3, 0.4) is 0 Å². The van der Waals surface area contributed by atoms with Crippen LogP contribution in [0, 0.1) is 0 Å². The van der Waals surface area contributed by atoms with Gasteiger partial charge in [-0.15, -0.1) is 0 Å². The molecule has 146 valence electrons. The van der Waals surface area contributed by atoms with Crippen LogP contribution in [0.4, 0.5) is 0 Å². The summed E-state index contributed by atoms with van der Waals surface area (Å²) in [5.74, 6) is -1.26. The highest BCUT2D eigenvalue weighted by Gasteiger charge is 2.26. The number of ether oxygens (including phenoxy) is 1. The van der Waals surface area contributed by atoms with Gasteiger partial charge in [0.15, 0.2) is 6.61 Å². The fourth-order valence-electron chi connectivity index (χ4n) is 3.44. The lowest BCUT2D eigenvalue weighted by Gasteiger charge is -2.33. The van der Waals surface area contributed by atoms with Crippen molar-refractivity contribution in [3.8, 4) is 0 Å². The largest absolute Gasteiger partial charge is 0.454 e. The summed E-state index contributed by atoms with van der Waals surface area (Å²) in [5.41, 5.74) is 2.88. The minimum Gasteiger partial charge on any atom is -0.454 e. The van der Waals surface area contributed by atoms with E-state index in [2.05, 4.69) is 11.4 Å². The molecule has 0 aromatic heterocycles. The lowest BCUT2D eigenvalue weighted by atomic mass is 9.87. The van der Waals surface area contributed by atoms with Gasteiger partial charge in [-0.05, 0) is 42.5 Å². The van der Waals surface area contributed by atoms with Crippen molar-refractivity contribution in [2.75, 3.05) is 20.2 Å². The van der Waals surface area contributed by atoms with E-state index >= 15 is 0 Å². The van der Waals surface area contributed by atoms with E-state index in [9.17, 15) is 14.4 Å². The SMILES string of the molecule is CN(C(=O)COC(=O)CNC(=O)c1ccccc1)C1CCCc2ccccc21. The molecule has 1 unspecified atom stereocenters. The number of nitrogens with zero attached hydrogens (tertiary/aromatic N) is 1. The van der Waals surface area contributed by atoms with Crippen LogP contribution in [0.15, 0.2) is 54.6 Å². The molecule has 6 heteroatoms. The van der Waals surface area contributed by atoms with E-state index in [1.807, 2.05) is 18.2 Å². The molecule has 0 saturated heterocycles. The highest BCUT2D eigenvalue weighted by atomic mass is 16.5. The molecule has 0 heterocycles. The third kappa shape index (κ3) is 4.76. The number of amides is 2. The Hall–Kier alpha value is -3.15. The Balaban J connectivity index is 1.47. The molecule has 3 rings (SSSR count). The summed E-state index contributed by atoms with van der Waals surface area (Å²) in [7, 11) is 1.74. The van der Waals surface area contributed by atoms with Gasteiger partial charge in [0.2, 0.25) is 0 Å². The zero-order valence-corrected chi connectivity index (χ0v) is 15.9. The molecular formula is C22H24N2O4. The first-order valence-corrected chi connectivity index (χ1v) is 9.38. The highest BCUT2D eigenvalue weighted by molar-refractivity contribution is 5.96. The molecular weight excluding hydrogens is 356 g/mol. The fourth-order valence-corrected chi connectivity index (χ4v) is 3.44. The quantitative estimate of drug-likeness (QED) is 0.782. The Labute approximate surface area is 164 Å². The van der Waals surface area contributed by atoms with Crippen molar-refractivity contribution >= 4 is 17.8 Å². The third-order valence-electron chi connectivity index (χ3n) is 4.98. The summed E-state index contributed by atoms with van der Waals surface area (Å²) < 4.78 is 5.05. The van der Waals surface area contributed by atoms with Gasteiger partial charge in [-0.3, -0.25) is 14.4 Å². The molecule has 0 aliphatic heterocycles. The molecule has 1 aliphatic carbocycles. The van der Waals surface area contributed by atoms with Gasteiger partial charge in [0, 0.05) is 12.6 Å². The second kappa shape index (κ2) is 9.17. The predicted molar refractivity (Wildman–Crippen MR) is 105 cm³/mol. The van der Waals surface area contributed by atoms with Gasteiger partial charge >= 0.3 is 5.97 Å². The van der Waals surface area contributed by atoms with E-state index in [0.29, 0.717) is 5.56 Å². The molecule has 2 aromatic carbocycles. The van der Waals surface area contributed by atoms with E-state index in [4.69, 9.17) is 4.74 Å². The third-order valence-corrected chi connectivity index (χ3v) is 4.98. The number of fused-ring (bicyclic) bond motifs is 1. The molecule has 0 saturated carbocycles.